The summed E-state index contributed by atoms with van der Waals surface area (Å²) in [4.78, 5) is 27.9. The first-order chi connectivity index (χ1) is 14.4. The molecular formula is C21H15Cl2NO5S. The lowest BCUT2D eigenvalue weighted by molar-refractivity contribution is -0.140. The highest BCUT2D eigenvalue weighted by atomic mass is 35.5. The van der Waals surface area contributed by atoms with Crippen LogP contribution in [0.4, 0.5) is 0 Å². The predicted molar refractivity (Wildman–Crippen MR) is 114 cm³/mol. The molecule has 0 radical (unpaired) electrons. The van der Waals surface area contributed by atoms with Gasteiger partial charge in [0, 0.05) is 10.4 Å². The number of halogens is 2. The number of amides is 1. The first kappa shape index (κ1) is 20.5. The molecule has 1 aromatic carbocycles. The van der Waals surface area contributed by atoms with E-state index in [0.717, 1.165) is 4.88 Å². The molecule has 1 aliphatic rings. The third-order valence-corrected chi connectivity index (χ3v) is 6.22. The summed E-state index contributed by atoms with van der Waals surface area (Å²) in [5, 5.41) is 13.2. The second-order valence-corrected chi connectivity index (χ2v) is 8.29. The lowest BCUT2D eigenvalue weighted by Gasteiger charge is -2.23. The molecule has 3 aromatic rings. The molecule has 4 rings (SSSR count). The number of ketones is 1. The molecule has 0 saturated carbocycles. The van der Waals surface area contributed by atoms with Crippen LogP contribution in [0.25, 0.3) is 5.76 Å². The number of benzene rings is 1. The van der Waals surface area contributed by atoms with Crippen molar-refractivity contribution in [2.75, 3.05) is 7.11 Å². The maximum atomic E-state index is 12.9. The van der Waals surface area contributed by atoms with E-state index < -0.39 is 17.7 Å². The van der Waals surface area contributed by atoms with Crippen molar-refractivity contribution >= 4 is 52.0 Å². The Labute approximate surface area is 185 Å². The number of carbonyl (C=O) groups is 2. The Morgan fingerprint density at radius 1 is 1.23 bits per heavy atom. The molecule has 1 fully saturated rings. The zero-order valence-corrected chi connectivity index (χ0v) is 17.9. The molecule has 1 unspecified atom stereocenters. The van der Waals surface area contributed by atoms with Gasteiger partial charge in [0.2, 0.25) is 0 Å². The van der Waals surface area contributed by atoms with E-state index in [4.69, 9.17) is 32.4 Å². The van der Waals surface area contributed by atoms with Gasteiger partial charge in [0.15, 0.2) is 5.75 Å². The maximum Gasteiger partial charge on any atom is 0.296 e. The van der Waals surface area contributed by atoms with Crippen LogP contribution in [0, 0.1) is 0 Å². The second kappa shape index (κ2) is 8.18. The monoisotopic (exact) mass is 463 g/mol. The largest absolute Gasteiger partial charge is 0.507 e. The van der Waals surface area contributed by atoms with E-state index in [1.807, 2.05) is 11.4 Å². The molecule has 2 aromatic heterocycles. The number of furan rings is 1. The molecular weight excluding hydrogens is 449 g/mol. The smallest absolute Gasteiger partial charge is 0.296 e. The van der Waals surface area contributed by atoms with Gasteiger partial charge in [-0.2, -0.15) is 0 Å². The zero-order valence-electron chi connectivity index (χ0n) is 15.6. The molecule has 30 heavy (non-hydrogen) atoms. The third kappa shape index (κ3) is 3.49. The summed E-state index contributed by atoms with van der Waals surface area (Å²) in [5.41, 5.74) is 0.176. The van der Waals surface area contributed by atoms with Crippen molar-refractivity contribution in [3.05, 3.63) is 79.9 Å². The minimum Gasteiger partial charge on any atom is -0.507 e. The van der Waals surface area contributed by atoms with E-state index in [0.29, 0.717) is 5.76 Å². The fourth-order valence-corrected chi connectivity index (χ4v) is 4.89. The number of methoxy groups -OCH3 is 1. The highest BCUT2D eigenvalue weighted by Crippen LogP contribution is 2.43. The molecule has 1 aliphatic heterocycles. The number of nitrogens with zero attached hydrogens (tertiary/aromatic N) is 1. The predicted octanol–water partition coefficient (Wildman–Crippen LogP) is 5.28. The van der Waals surface area contributed by atoms with Gasteiger partial charge in [0.25, 0.3) is 11.7 Å². The van der Waals surface area contributed by atoms with Crippen LogP contribution < -0.4 is 4.74 Å². The number of carbonyl (C=O) groups excluding carboxylic acids is 2. The van der Waals surface area contributed by atoms with Gasteiger partial charge < -0.3 is 19.2 Å². The Kier molecular flexibility index (Phi) is 5.60. The Hall–Kier alpha value is -2.74. The van der Waals surface area contributed by atoms with Crippen LogP contribution in [0.1, 0.15) is 22.2 Å². The second-order valence-electron chi connectivity index (χ2n) is 6.49. The SMILES string of the molecule is COc1c(Cl)cc(/C(O)=C2/C(=O)C(=O)N(Cc3ccco3)C2c2cccs2)cc1Cl. The van der Waals surface area contributed by atoms with Crippen molar-refractivity contribution in [3.63, 3.8) is 0 Å². The normalized spacial score (nSPS) is 18.2. The van der Waals surface area contributed by atoms with Gasteiger partial charge >= 0.3 is 0 Å². The summed E-state index contributed by atoms with van der Waals surface area (Å²) < 4.78 is 10.5. The molecule has 1 saturated heterocycles. The quantitative estimate of drug-likeness (QED) is 0.316. The minimum absolute atomic E-state index is 0.0358. The van der Waals surface area contributed by atoms with E-state index in [2.05, 4.69) is 0 Å². The summed E-state index contributed by atoms with van der Waals surface area (Å²) in [6.45, 7) is 0.0844. The standard InChI is InChI=1S/C21H15Cl2NO5S/c1-28-20-13(22)8-11(9-14(20)23)18(25)16-17(15-5-3-7-30-15)24(21(27)19(16)26)10-12-4-2-6-29-12/h2-9,17,25H,10H2,1H3/b18-16-. The van der Waals surface area contributed by atoms with Crippen LogP contribution in [0.3, 0.4) is 0 Å². The number of aliphatic hydroxyl groups excluding tert-OH is 1. The average Bonchev–Trinajstić information content (AvgIpc) is 3.46. The number of aliphatic hydroxyl groups is 1. The molecule has 3 heterocycles. The number of thiophene rings is 1. The van der Waals surface area contributed by atoms with Crippen molar-refractivity contribution in [3.8, 4) is 5.75 Å². The number of Topliss-reactive ketones (excluding diaryl/α,β-unsaturated/α-hetero) is 1. The number of hydrogen-bond donors (Lipinski definition) is 1. The fourth-order valence-electron chi connectivity index (χ4n) is 3.40. The lowest BCUT2D eigenvalue weighted by atomic mass is 9.99. The number of rotatable bonds is 5. The third-order valence-electron chi connectivity index (χ3n) is 4.73. The summed E-state index contributed by atoms with van der Waals surface area (Å²) in [7, 11) is 1.42. The summed E-state index contributed by atoms with van der Waals surface area (Å²) in [6, 6.07) is 9.14. The van der Waals surface area contributed by atoms with Gasteiger partial charge in [-0.1, -0.05) is 29.3 Å². The van der Waals surface area contributed by atoms with Gasteiger partial charge in [-0.15, -0.1) is 11.3 Å². The van der Waals surface area contributed by atoms with Crippen LogP contribution >= 0.6 is 34.5 Å². The molecule has 0 bridgehead atoms. The topological polar surface area (TPSA) is 80.0 Å². The Morgan fingerprint density at radius 3 is 2.53 bits per heavy atom. The minimum atomic E-state index is -0.791. The van der Waals surface area contributed by atoms with E-state index in [9.17, 15) is 14.7 Å². The Bertz CT molecular complexity index is 1120. The molecule has 6 nitrogen and oxygen atoms in total. The van der Waals surface area contributed by atoms with E-state index >= 15 is 0 Å². The van der Waals surface area contributed by atoms with Gasteiger partial charge in [0.05, 0.1) is 35.5 Å². The Morgan fingerprint density at radius 2 is 1.97 bits per heavy atom. The molecule has 9 heteroatoms. The van der Waals surface area contributed by atoms with Crippen LogP contribution in [0.15, 0.2) is 58.0 Å². The van der Waals surface area contributed by atoms with E-state index in [1.165, 1.54) is 41.7 Å². The van der Waals surface area contributed by atoms with Gasteiger partial charge in [-0.25, -0.2) is 0 Å². The van der Waals surface area contributed by atoms with Crippen molar-refractivity contribution in [2.24, 2.45) is 0 Å². The average molecular weight is 464 g/mol. The van der Waals surface area contributed by atoms with Crippen LogP contribution in [-0.4, -0.2) is 28.8 Å². The molecule has 1 N–H and O–H groups in total. The summed E-state index contributed by atoms with van der Waals surface area (Å²) in [6.07, 6.45) is 1.49. The highest BCUT2D eigenvalue weighted by Gasteiger charge is 2.46. The van der Waals surface area contributed by atoms with Crippen molar-refractivity contribution in [1.82, 2.24) is 4.90 Å². The Balaban J connectivity index is 1.86. The fraction of sp³-hybridized carbons (Fsp3) is 0.143. The van der Waals surface area contributed by atoms with Crippen LogP contribution in [0.2, 0.25) is 10.0 Å². The molecule has 154 valence electrons. The van der Waals surface area contributed by atoms with Crippen molar-refractivity contribution in [2.45, 2.75) is 12.6 Å². The first-order valence-corrected chi connectivity index (χ1v) is 10.4. The van der Waals surface area contributed by atoms with Crippen molar-refractivity contribution < 1.29 is 23.8 Å². The van der Waals surface area contributed by atoms with Crippen LogP contribution in [0.5, 0.6) is 5.75 Å². The molecule has 0 spiro atoms. The first-order valence-electron chi connectivity index (χ1n) is 8.80. The number of likely N-dealkylation sites (tertiary alicyclic amines) is 1. The molecule has 1 amide bonds. The summed E-state index contributed by atoms with van der Waals surface area (Å²) in [5.74, 6) is -1.10. The van der Waals surface area contributed by atoms with Gasteiger partial charge in [-0.05, 0) is 35.7 Å². The van der Waals surface area contributed by atoms with E-state index in [-0.39, 0.29) is 39.2 Å². The van der Waals surface area contributed by atoms with Crippen molar-refractivity contribution in [1.29, 1.82) is 0 Å². The van der Waals surface area contributed by atoms with Gasteiger partial charge in [0.1, 0.15) is 17.6 Å². The van der Waals surface area contributed by atoms with Gasteiger partial charge in [-0.3, -0.25) is 9.59 Å². The zero-order chi connectivity index (χ0) is 21.4. The lowest BCUT2D eigenvalue weighted by Crippen LogP contribution is -2.28. The molecule has 1 atom stereocenters. The number of ether oxygens (including phenoxy) is 1. The van der Waals surface area contributed by atoms with Crippen LogP contribution in [-0.2, 0) is 16.1 Å². The number of hydrogen-bond acceptors (Lipinski definition) is 6. The highest BCUT2D eigenvalue weighted by molar-refractivity contribution is 7.10. The van der Waals surface area contributed by atoms with E-state index in [1.54, 1.807) is 18.2 Å². The molecule has 0 aliphatic carbocycles. The maximum absolute atomic E-state index is 12.9. The summed E-state index contributed by atoms with van der Waals surface area (Å²) >= 11 is 13.8.